The Morgan fingerprint density at radius 3 is 1.75 bits per heavy atom. The Bertz CT molecular complexity index is 846. The highest BCUT2D eigenvalue weighted by Gasteiger charge is 2.41. The van der Waals surface area contributed by atoms with Crippen LogP contribution >= 0.6 is 0 Å². The Hall–Kier alpha value is -3.50. The first-order valence-electron chi connectivity index (χ1n) is 8.18. The van der Waals surface area contributed by atoms with Crippen LogP contribution in [0.2, 0.25) is 0 Å². The van der Waals surface area contributed by atoms with Crippen LogP contribution in [0.5, 0.6) is 11.5 Å². The molecule has 0 bridgehead atoms. The van der Waals surface area contributed by atoms with E-state index in [0.29, 0.717) is 11.4 Å². The third kappa shape index (κ3) is 5.25. The van der Waals surface area contributed by atoms with Crippen molar-refractivity contribution in [2.24, 2.45) is 11.5 Å². The quantitative estimate of drug-likeness (QED) is 0.285. The number of carbonyl (C=O) groups is 2. The van der Waals surface area contributed by atoms with Crippen molar-refractivity contribution in [1.82, 2.24) is 0 Å². The van der Waals surface area contributed by atoms with Gasteiger partial charge in [-0.1, -0.05) is 12.1 Å². The van der Waals surface area contributed by atoms with Crippen LogP contribution < -0.4 is 32.4 Å². The molecule has 4 atom stereocenters. The fourth-order valence-electron chi connectivity index (χ4n) is 2.43. The van der Waals surface area contributed by atoms with Gasteiger partial charge in [0.2, 0.25) is 12.0 Å². The minimum absolute atomic E-state index is 0.142. The van der Waals surface area contributed by atoms with Crippen molar-refractivity contribution in [2.75, 3.05) is 11.5 Å². The van der Waals surface area contributed by atoms with Gasteiger partial charge in [0.15, 0.2) is 12.2 Å². The number of hydrogen-bond donors (Lipinski definition) is 6. The fraction of sp³-hybridized carbons (Fsp3) is 0.222. The van der Waals surface area contributed by atoms with Gasteiger partial charge in [0.05, 0.1) is 0 Å². The van der Waals surface area contributed by atoms with E-state index in [0.717, 1.165) is 0 Å². The average Bonchev–Trinajstić information content (AvgIpc) is 2.63. The van der Waals surface area contributed by atoms with Gasteiger partial charge >= 0.3 is 0 Å². The summed E-state index contributed by atoms with van der Waals surface area (Å²) in [5, 5.41) is 20.3. The summed E-state index contributed by atoms with van der Waals surface area (Å²) >= 11 is 0. The number of rotatable bonds is 9. The zero-order valence-electron chi connectivity index (χ0n) is 14.8. The van der Waals surface area contributed by atoms with Crippen LogP contribution in [0.25, 0.3) is 0 Å². The molecule has 0 heterocycles. The Morgan fingerprint density at radius 2 is 1.32 bits per heavy atom. The number of primary amides is 2. The second kappa shape index (κ2) is 8.93. The van der Waals surface area contributed by atoms with Gasteiger partial charge in [-0.15, -0.1) is 0 Å². The number of benzene rings is 2. The molecule has 0 fully saturated rings. The van der Waals surface area contributed by atoms with E-state index < -0.39 is 36.2 Å². The van der Waals surface area contributed by atoms with Gasteiger partial charge in [-0.3, -0.25) is 9.59 Å². The molecule has 10 heteroatoms. The minimum Gasteiger partial charge on any atom is -0.483 e. The number of anilines is 2. The molecule has 0 saturated carbocycles. The number of nitrogen functional groups attached to an aromatic ring is 2. The molecule has 28 heavy (non-hydrogen) atoms. The lowest BCUT2D eigenvalue weighted by atomic mass is 10.0. The van der Waals surface area contributed by atoms with Crippen molar-refractivity contribution in [3.8, 4) is 11.5 Å². The number of carbonyl (C=O) groups excluding carboxylic acids is 2. The van der Waals surface area contributed by atoms with Crippen molar-refractivity contribution in [3.05, 3.63) is 48.5 Å². The molecule has 2 aromatic rings. The molecular weight excluding hydrogens is 368 g/mol. The van der Waals surface area contributed by atoms with Crippen molar-refractivity contribution in [3.63, 3.8) is 0 Å². The second-order valence-corrected chi connectivity index (χ2v) is 6.01. The zero-order chi connectivity index (χ0) is 20.8. The molecule has 10 N–H and O–H groups in total. The van der Waals surface area contributed by atoms with Crippen molar-refractivity contribution in [1.29, 1.82) is 0 Å². The number of ether oxygens (including phenoxy) is 2. The summed E-state index contributed by atoms with van der Waals surface area (Å²) in [5.41, 5.74) is 22.5. The maximum Gasteiger partial charge on any atom is 0.262 e. The SMILES string of the molecule is NC(=O)[C@@H](O)[C@@H](O)[C@H](Oc1cccc(N)c1)[C@@H](Oc1cccc(N)c1)C(N)=O. The molecule has 10 nitrogen and oxygen atoms in total. The molecule has 150 valence electrons. The largest absolute Gasteiger partial charge is 0.483 e. The molecule has 0 saturated heterocycles. The van der Waals surface area contributed by atoms with Crippen LogP contribution in [-0.2, 0) is 9.59 Å². The van der Waals surface area contributed by atoms with Gasteiger partial charge in [0.1, 0.15) is 17.6 Å². The van der Waals surface area contributed by atoms with E-state index in [1.54, 1.807) is 24.3 Å². The van der Waals surface area contributed by atoms with Gasteiger partial charge in [-0.2, -0.15) is 0 Å². The highest BCUT2D eigenvalue weighted by molar-refractivity contribution is 5.82. The average molecular weight is 390 g/mol. The van der Waals surface area contributed by atoms with E-state index in [1.165, 1.54) is 24.3 Å². The number of nitrogens with two attached hydrogens (primary N) is 4. The first kappa shape index (κ1) is 20.8. The summed E-state index contributed by atoms with van der Waals surface area (Å²) in [6.45, 7) is 0. The van der Waals surface area contributed by atoms with E-state index in [2.05, 4.69) is 0 Å². The Morgan fingerprint density at radius 1 is 0.821 bits per heavy atom. The van der Waals surface area contributed by atoms with Gasteiger partial charge in [0, 0.05) is 23.5 Å². The van der Waals surface area contributed by atoms with Crippen molar-refractivity contribution < 1.29 is 29.3 Å². The molecule has 0 aliphatic rings. The molecular formula is C18H22N4O6. The van der Waals surface area contributed by atoms with Gasteiger partial charge in [0.25, 0.3) is 5.91 Å². The highest BCUT2D eigenvalue weighted by Crippen LogP contribution is 2.23. The molecule has 0 aliphatic heterocycles. The third-order valence-electron chi connectivity index (χ3n) is 3.78. The lowest BCUT2D eigenvalue weighted by Gasteiger charge is -2.31. The first-order valence-corrected chi connectivity index (χ1v) is 8.18. The summed E-state index contributed by atoms with van der Waals surface area (Å²) in [6, 6.07) is 12.1. The lowest BCUT2D eigenvalue weighted by Crippen LogP contribution is -2.57. The van der Waals surface area contributed by atoms with Crippen molar-refractivity contribution in [2.45, 2.75) is 24.4 Å². The highest BCUT2D eigenvalue weighted by atomic mass is 16.6. The maximum absolute atomic E-state index is 12.0. The molecule has 0 aromatic heterocycles. The molecule has 0 aliphatic carbocycles. The summed E-state index contributed by atoms with van der Waals surface area (Å²) < 4.78 is 11.1. The predicted molar refractivity (Wildman–Crippen MR) is 101 cm³/mol. The third-order valence-corrected chi connectivity index (χ3v) is 3.78. The van der Waals surface area contributed by atoms with Crippen LogP contribution in [0.1, 0.15) is 0 Å². The summed E-state index contributed by atoms with van der Waals surface area (Å²) in [5.74, 6) is -1.94. The number of hydrogen-bond acceptors (Lipinski definition) is 8. The fourth-order valence-corrected chi connectivity index (χ4v) is 2.43. The standard InChI is InChI=1S/C18H22N4O6/c19-9-3-1-5-11(7-9)27-15(13(23)14(24)17(21)25)16(18(22)26)28-12-6-2-4-10(20)8-12/h1-8,13-16,23-24H,19-20H2,(H2,21,25)(H2,22,26)/t13-,14+,15+,16-/m1/s1. The van der Waals surface area contributed by atoms with E-state index >= 15 is 0 Å². The van der Waals surface area contributed by atoms with E-state index in [9.17, 15) is 19.8 Å². The smallest absolute Gasteiger partial charge is 0.262 e. The molecule has 2 rings (SSSR count). The Balaban J connectivity index is 2.39. The van der Waals surface area contributed by atoms with E-state index in [1.807, 2.05) is 0 Å². The van der Waals surface area contributed by atoms with Crippen LogP contribution in [0.15, 0.2) is 48.5 Å². The monoisotopic (exact) mass is 390 g/mol. The summed E-state index contributed by atoms with van der Waals surface area (Å²) in [4.78, 5) is 23.3. The predicted octanol–water partition coefficient (Wildman–Crippen LogP) is -1.26. The van der Waals surface area contributed by atoms with Gasteiger partial charge in [-0.05, 0) is 24.3 Å². The van der Waals surface area contributed by atoms with E-state index in [4.69, 9.17) is 32.4 Å². The van der Waals surface area contributed by atoms with Crippen LogP contribution in [0.4, 0.5) is 11.4 Å². The van der Waals surface area contributed by atoms with Crippen LogP contribution in [-0.4, -0.2) is 46.4 Å². The molecule has 2 aromatic carbocycles. The molecule has 0 unspecified atom stereocenters. The van der Waals surface area contributed by atoms with Crippen LogP contribution in [0.3, 0.4) is 0 Å². The van der Waals surface area contributed by atoms with Crippen molar-refractivity contribution >= 4 is 23.2 Å². The number of aliphatic hydroxyl groups excluding tert-OH is 2. The topological polar surface area (TPSA) is 197 Å². The first-order chi connectivity index (χ1) is 13.2. The van der Waals surface area contributed by atoms with Gasteiger partial charge in [-0.25, -0.2) is 0 Å². The molecule has 2 amide bonds. The summed E-state index contributed by atoms with van der Waals surface area (Å²) in [6.07, 6.45) is -7.18. The minimum atomic E-state index is -2.04. The normalized spacial score (nSPS) is 15.1. The maximum atomic E-state index is 12.0. The van der Waals surface area contributed by atoms with Gasteiger partial charge < -0.3 is 42.6 Å². The number of aliphatic hydroxyl groups is 2. The second-order valence-electron chi connectivity index (χ2n) is 6.01. The van der Waals surface area contributed by atoms with Crippen LogP contribution in [0, 0.1) is 0 Å². The summed E-state index contributed by atoms with van der Waals surface area (Å²) in [7, 11) is 0. The molecule has 0 radical (unpaired) electrons. The van der Waals surface area contributed by atoms with E-state index in [-0.39, 0.29) is 11.5 Å². The molecule has 0 spiro atoms. The number of amides is 2. The zero-order valence-corrected chi connectivity index (χ0v) is 14.8. The lowest BCUT2D eigenvalue weighted by molar-refractivity contribution is -0.147. The Labute approximate surface area is 160 Å². The Kier molecular flexibility index (Phi) is 6.64.